The highest BCUT2D eigenvalue weighted by molar-refractivity contribution is 8.01. The smallest absolute Gasteiger partial charge is 0.257 e. The van der Waals surface area contributed by atoms with Crippen LogP contribution >= 0.6 is 23.1 Å². The van der Waals surface area contributed by atoms with Gasteiger partial charge in [0, 0.05) is 24.3 Å². The second kappa shape index (κ2) is 10.6. The van der Waals surface area contributed by atoms with E-state index in [1.165, 1.54) is 40.3 Å². The number of hydrogen-bond donors (Lipinski definition) is 2. The highest BCUT2D eigenvalue weighted by Crippen LogP contribution is 2.26. The van der Waals surface area contributed by atoms with Gasteiger partial charge in [-0.15, -0.1) is 10.2 Å². The van der Waals surface area contributed by atoms with Crippen LogP contribution in [0.5, 0.6) is 0 Å². The highest BCUT2D eigenvalue weighted by Gasteiger charge is 2.27. The average molecular weight is 518 g/mol. The zero-order valence-electron chi connectivity index (χ0n) is 18.4. The molecule has 2 heterocycles. The van der Waals surface area contributed by atoms with Gasteiger partial charge in [-0.1, -0.05) is 41.3 Å². The lowest BCUT2D eigenvalue weighted by Gasteiger charge is -2.15. The Morgan fingerprint density at radius 3 is 2.44 bits per heavy atom. The first-order valence-corrected chi connectivity index (χ1v) is 13.8. The number of aryl methyl sites for hydroxylation is 1. The fraction of sp³-hybridized carbons (Fsp3) is 0.273. The normalized spacial score (nSPS) is 14.1. The number of carbonyl (C=O) groups is 2. The number of rotatable bonds is 8. The van der Waals surface area contributed by atoms with E-state index in [-0.39, 0.29) is 16.6 Å². The van der Waals surface area contributed by atoms with Crippen molar-refractivity contribution in [3.63, 3.8) is 0 Å². The summed E-state index contributed by atoms with van der Waals surface area (Å²) in [6, 6.07) is 13.4. The zero-order valence-corrected chi connectivity index (χ0v) is 20.8. The van der Waals surface area contributed by atoms with Crippen LogP contribution in [0.15, 0.2) is 57.8 Å². The third-order valence-electron chi connectivity index (χ3n) is 5.19. The molecule has 0 bridgehead atoms. The minimum absolute atomic E-state index is 0.157. The van der Waals surface area contributed by atoms with Crippen LogP contribution in [0.3, 0.4) is 0 Å². The maximum absolute atomic E-state index is 12.6. The molecule has 34 heavy (non-hydrogen) atoms. The Balaban J connectivity index is 1.31. The predicted molar refractivity (Wildman–Crippen MR) is 133 cm³/mol. The molecule has 1 aliphatic rings. The van der Waals surface area contributed by atoms with Crippen LogP contribution in [-0.2, 0) is 14.8 Å². The van der Waals surface area contributed by atoms with E-state index in [2.05, 4.69) is 20.8 Å². The fourth-order valence-corrected chi connectivity index (χ4v) is 6.43. The van der Waals surface area contributed by atoms with Crippen molar-refractivity contribution in [1.29, 1.82) is 0 Å². The first-order valence-electron chi connectivity index (χ1n) is 10.6. The van der Waals surface area contributed by atoms with Crippen LogP contribution in [0, 0.1) is 6.92 Å². The van der Waals surface area contributed by atoms with Crippen LogP contribution in [-0.4, -0.2) is 53.6 Å². The third kappa shape index (κ3) is 5.81. The molecular formula is C22H23N5O4S3. The number of hydrogen-bond acceptors (Lipinski definition) is 8. The molecule has 178 valence electrons. The summed E-state index contributed by atoms with van der Waals surface area (Å²) in [5.74, 6) is -0.427. The molecule has 3 aromatic rings. The number of sulfonamides is 1. The second-order valence-electron chi connectivity index (χ2n) is 7.61. The van der Waals surface area contributed by atoms with E-state index in [0.29, 0.717) is 28.1 Å². The molecule has 0 aliphatic carbocycles. The standard InChI is InChI=1S/C22H23N5O4S3/c1-15-6-2-3-7-18(15)23-19(28)14-32-22-26-25-21(33-22)24-20(29)16-8-10-17(11-9-16)34(30,31)27-12-4-5-13-27/h2-3,6-11H,4-5,12-14H2,1H3,(H,23,28)(H,24,25,29). The number of nitrogens with one attached hydrogen (secondary N) is 2. The SMILES string of the molecule is Cc1ccccc1NC(=O)CSc1nnc(NC(=O)c2ccc(S(=O)(=O)N3CCCC3)cc2)s1. The van der Waals surface area contributed by atoms with Gasteiger partial charge in [-0.3, -0.25) is 14.9 Å². The van der Waals surface area contributed by atoms with Crippen molar-refractivity contribution in [2.75, 3.05) is 29.5 Å². The van der Waals surface area contributed by atoms with E-state index in [1.807, 2.05) is 31.2 Å². The Morgan fingerprint density at radius 2 is 1.74 bits per heavy atom. The first kappa shape index (κ1) is 24.3. The van der Waals surface area contributed by atoms with E-state index in [1.54, 1.807) is 0 Å². The van der Waals surface area contributed by atoms with E-state index in [4.69, 9.17) is 0 Å². The monoisotopic (exact) mass is 517 g/mol. The van der Waals surface area contributed by atoms with Gasteiger partial charge in [0.05, 0.1) is 10.6 Å². The second-order valence-corrected chi connectivity index (χ2v) is 11.8. The number of nitrogens with zero attached hydrogens (tertiary/aromatic N) is 3. The molecule has 1 fully saturated rings. The summed E-state index contributed by atoms with van der Waals surface area (Å²) < 4.78 is 27.2. The summed E-state index contributed by atoms with van der Waals surface area (Å²) in [7, 11) is -3.53. The Morgan fingerprint density at radius 1 is 1.03 bits per heavy atom. The van der Waals surface area contributed by atoms with E-state index < -0.39 is 15.9 Å². The van der Waals surface area contributed by atoms with Crippen molar-refractivity contribution in [3.05, 3.63) is 59.7 Å². The molecule has 4 rings (SSSR count). The zero-order chi connectivity index (χ0) is 24.1. The van der Waals surface area contributed by atoms with Crippen molar-refractivity contribution in [3.8, 4) is 0 Å². The van der Waals surface area contributed by atoms with Gasteiger partial charge in [-0.25, -0.2) is 8.42 Å². The lowest BCUT2D eigenvalue weighted by molar-refractivity contribution is -0.113. The number of para-hydroxylation sites is 1. The maximum atomic E-state index is 12.6. The molecular weight excluding hydrogens is 494 g/mol. The number of benzene rings is 2. The fourth-order valence-electron chi connectivity index (χ4n) is 3.37. The molecule has 0 saturated carbocycles. The van der Waals surface area contributed by atoms with Crippen LogP contribution < -0.4 is 10.6 Å². The Hall–Kier alpha value is -2.80. The first-order chi connectivity index (χ1) is 16.3. The quantitative estimate of drug-likeness (QED) is 0.346. The molecule has 2 aromatic carbocycles. The number of aromatic nitrogens is 2. The lowest BCUT2D eigenvalue weighted by atomic mass is 10.2. The molecule has 1 saturated heterocycles. The van der Waals surface area contributed by atoms with Crippen LogP contribution in [0.4, 0.5) is 10.8 Å². The minimum Gasteiger partial charge on any atom is -0.325 e. The molecule has 1 aliphatic heterocycles. The summed E-state index contributed by atoms with van der Waals surface area (Å²) in [5.41, 5.74) is 2.04. The number of carbonyl (C=O) groups excluding carboxylic acids is 2. The van der Waals surface area contributed by atoms with Gasteiger partial charge in [-0.2, -0.15) is 4.31 Å². The third-order valence-corrected chi connectivity index (χ3v) is 9.08. The molecule has 0 unspecified atom stereocenters. The molecule has 0 radical (unpaired) electrons. The number of amides is 2. The molecule has 2 N–H and O–H groups in total. The Labute approximate surface area is 206 Å². The number of anilines is 2. The molecule has 0 atom stereocenters. The Kier molecular flexibility index (Phi) is 7.61. The van der Waals surface area contributed by atoms with Gasteiger partial charge < -0.3 is 5.32 Å². The lowest BCUT2D eigenvalue weighted by Crippen LogP contribution is -2.27. The summed E-state index contributed by atoms with van der Waals surface area (Å²) in [6.45, 7) is 2.97. The van der Waals surface area contributed by atoms with Crippen LogP contribution in [0.2, 0.25) is 0 Å². The summed E-state index contributed by atoms with van der Waals surface area (Å²) in [4.78, 5) is 24.9. The number of thioether (sulfide) groups is 1. The molecule has 1 aromatic heterocycles. The van der Waals surface area contributed by atoms with Gasteiger partial charge in [0.1, 0.15) is 0 Å². The minimum atomic E-state index is -3.53. The van der Waals surface area contributed by atoms with E-state index in [0.717, 1.165) is 35.4 Å². The average Bonchev–Trinajstić information content (AvgIpc) is 3.52. The summed E-state index contributed by atoms with van der Waals surface area (Å²) in [6.07, 6.45) is 1.72. The van der Waals surface area contributed by atoms with Gasteiger partial charge in [0.25, 0.3) is 5.91 Å². The summed E-state index contributed by atoms with van der Waals surface area (Å²) in [5, 5.41) is 13.8. The molecule has 9 nitrogen and oxygen atoms in total. The molecule has 12 heteroatoms. The van der Waals surface area contributed by atoms with Gasteiger partial charge >= 0.3 is 0 Å². The Bertz CT molecular complexity index is 1290. The van der Waals surface area contributed by atoms with Crippen LogP contribution in [0.1, 0.15) is 28.8 Å². The largest absolute Gasteiger partial charge is 0.325 e. The van der Waals surface area contributed by atoms with Gasteiger partial charge in [0.2, 0.25) is 21.1 Å². The maximum Gasteiger partial charge on any atom is 0.257 e. The molecule has 0 spiro atoms. The summed E-state index contributed by atoms with van der Waals surface area (Å²) >= 11 is 2.38. The van der Waals surface area contributed by atoms with Crippen molar-refractivity contribution < 1.29 is 18.0 Å². The predicted octanol–water partition coefficient (Wildman–Crippen LogP) is 3.61. The highest BCUT2D eigenvalue weighted by atomic mass is 32.2. The molecule has 2 amide bonds. The van der Waals surface area contributed by atoms with Crippen molar-refractivity contribution in [2.24, 2.45) is 0 Å². The van der Waals surface area contributed by atoms with E-state index in [9.17, 15) is 18.0 Å². The van der Waals surface area contributed by atoms with Crippen molar-refractivity contribution in [1.82, 2.24) is 14.5 Å². The van der Waals surface area contributed by atoms with E-state index >= 15 is 0 Å². The van der Waals surface area contributed by atoms with Gasteiger partial charge in [-0.05, 0) is 55.7 Å². The van der Waals surface area contributed by atoms with Crippen LogP contribution in [0.25, 0.3) is 0 Å². The topological polar surface area (TPSA) is 121 Å². The van der Waals surface area contributed by atoms with Crippen molar-refractivity contribution in [2.45, 2.75) is 29.0 Å². The van der Waals surface area contributed by atoms with Gasteiger partial charge in [0.15, 0.2) is 4.34 Å². The van der Waals surface area contributed by atoms with Crippen molar-refractivity contribution >= 4 is 55.8 Å².